The van der Waals surface area contributed by atoms with Crippen molar-refractivity contribution < 1.29 is 14.4 Å². The topological polar surface area (TPSA) is 86.4 Å². The maximum Gasteiger partial charge on any atom is 0.270 e. The molecule has 148 valence electrons. The molecule has 1 aliphatic carbocycles. The van der Waals surface area contributed by atoms with Gasteiger partial charge in [-0.05, 0) is 30.5 Å². The first-order chi connectivity index (χ1) is 14.0. The molecule has 0 atom stereocenters. The largest absolute Gasteiger partial charge is 0.345 e. The Morgan fingerprint density at radius 2 is 1.76 bits per heavy atom. The quantitative estimate of drug-likeness (QED) is 0.785. The maximum absolute atomic E-state index is 13.1. The first kappa shape index (κ1) is 18.9. The van der Waals surface area contributed by atoms with Gasteiger partial charge in [-0.1, -0.05) is 12.1 Å². The zero-order valence-corrected chi connectivity index (χ0v) is 16.4. The molecule has 4 rings (SSSR count). The van der Waals surface area contributed by atoms with Gasteiger partial charge >= 0.3 is 0 Å². The third-order valence-corrected chi connectivity index (χ3v) is 5.73. The van der Waals surface area contributed by atoms with Crippen LogP contribution in [0.15, 0.2) is 30.5 Å². The fourth-order valence-electron chi connectivity index (χ4n) is 4.19. The molecule has 2 aromatic rings. The van der Waals surface area contributed by atoms with E-state index in [1.807, 2.05) is 0 Å². The Morgan fingerprint density at radius 3 is 2.45 bits per heavy atom. The SMILES string of the molecule is Cn1cc(C#N)cc1C(=O)N1CCCN(C(=O)c2cccc3c2CCC3=O)CC1. The molecule has 0 spiro atoms. The highest BCUT2D eigenvalue weighted by Crippen LogP contribution is 2.26. The number of hydrogen-bond acceptors (Lipinski definition) is 4. The number of carbonyl (C=O) groups excluding carboxylic acids is 3. The van der Waals surface area contributed by atoms with E-state index >= 15 is 0 Å². The molecule has 2 heterocycles. The summed E-state index contributed by atoms with van der Waals surface area (Å²) in [6, 6.07) is 9.00. The van der Waals surface area contributed by atoms with Gasteiger partial charge in [-0.3, -0.25) is 14.4 Å². The van der Waals surface area contributed by atoms with Crippen LogP contribution in [0.5, 0.6) is 0 Å². The Labute approximate surface area is 169 Å². The van der Waals surface area contributed by atoms with E-state index in [0.29, 0.717) is 67.8 Å². The standard InChI is InChI=1S/C22H22N4O3/c1-24-14-15(13-23)12-19(24)22(29)26-9-3-8-25(10-11-26)21(28)18-5-2-4-17-16(18)6-7-20(17)27/h2,4-5,12,14H,3,6-11H2,1H3. The van der Waals surface area contributed by atoms with Crippen molar-refractivity contribution in [1.29, 1.82) is 5.26 Å². The number of rotatable bonds is 2. The average molecular weight is 390 g/mol. The van der Waals surface area contributed by atoms with E-state index in [4.69, 9.17) is 5.26 Å². The molecule has 7 nitrogen and oxygen atoms in total. The lowest BCUT2D eigenvalue weighted by atomic mass is 10.0. The van der Waals surface area contributed by atoms with Crippen molar-refractivity contribution >= 4 is 17.6 Å². The van der Waals surface area contributed by atoms with Gasteiger partial charge in [0.05, 0.1) is 5.56 Å². The summed E-state index contributed by atoms with van der Waals surface area (Å²) in [6.07, 6.45) is 3.39. The Morgan fingerprint density at radius 1 is 1.03 bits per heavy atom. The van der Waals surface area contributed by atoms with Crippen LogP contribution in [0.4, 0.5) is 0 Å². The molecule has 1 saturated heterocycles. The van der Waals surface area contributed by atoms with E-state index in [0.717, 1.165) is 5.56 Å². The van der Waals surface area contributed by atoms with Crippen molar-refractivity contribution in [3.63, 3.8) is 0 Å². The van der Waals surface area contributed by atoms with Gasteiger partial charge < -0.3 is 14.4 Å². The van der Waals surface area contributed by atoms with Crippen molar-refractivity contribution in [3.8, 4) is 6.07 Å². The van der Waals surface area contributed by atoms with E-state index in [1.54, 1.807) is 51.9 Å². The fourth-order valence-corrected chi connectivity index (χ4v) is 4.19. The van der Waals surface area contributed by atoms with Crippen molar-refractivity contribution in [1.82, 2.24) is 14.4 Å². The van der Waals surface area contributed by atoms with Gasteiger partial charge in [0.25, 0.3) is 11.8 Å². The van der Waals surface area contributed by atoms with Gasteiger partial charge in [0.1, 0.15) is 11.8 Å². The van der Waals surface area contributed by atoms with Gasteiger partial charge in [0.15, 0.2) is 5.78 Å². The molecule has 29 heavy (non-hydrogen) atoms. The monoisotopic (exact) mass is 390 g/mol. The second-order valence-electron chi connectivity index (χ2n) is 7.53. The number of ketones is 1. The van der Waals surface area contributed by atoms with Crippen LogP contribution in [0.1, 0.15) is 55.2 Å². The molecule has 0 N–H and O–H groups in total. The molecule has 1 fully saturated rings. The van der Waals surface area contributed by atoms with Crippen LogP contribution < -0.4 is 0 Å². The molecule has 7 heteroatoms. The number of Topliss-reactive ketones (excluding diaryl/α,β-unsaturated/α-hetero) is 1. The van der Waals surface area contributed by atoms with E-state index in [1.165, 1.54) is 0 Å². The van der Waals surface area contributed by atoms with Crippen molar-refractivity contribution in [2.75, 3.05) is 26.2 Å². The molecule has 0 saturated carbocycles. The molecule has 2 aliphatic rings. The summed E-state index contributed by atoms with van der Waals surface area (Å²) in [5.74, 6) is -0.104. The number of nitriles is 1. The summed E-state index contributed by atoms with van der Waals surface area (Å²) in [5, 5.41) is 9.05. The lowest BCUT2D eigenvalue weighted by Gasteiger charge is -2.23. The van der Waals surface area contributed by atoms with Crippen LogP contribution in [0, 0.1) is 11.3 Å². The van der Waals surface area contributed by atoms with E-state index in [9.17, 15) is 14.4 Å². The highest BCUT2D eigenvalue weighted by atomic mass is 16.2. The Kier molecular flexibility index (Phi) is 4.93. The fraction of sp³-hybridized carbons (Fsp3) is 0.364. The van der Waals surface area contributed by atoms with E-state index in [-0.39, 0.29) is 17.6 Å². The predicted octanol–water partition coefficient (Wildman–Crippen LogP) is 2.01. The first-order valence-corrected chi connectivity index (χ1v) is 9.79. The summed E-state index contributed by atoms with van der Waals surface area (Å²) < 4.78 is 1.67. The highest BCUT2D eigenvalue weighted by Gasteiger charge is 2.29. The number of hydrogen-bond donors (Lipinski definition) is 0. The number of aromatic nitrogens is 1. The smallest absolute Gasteiger partial charge is 0.270 e. The minimum atomic E-state index is -0.130. The summed E-state index contributed by atoms with van der Waals surface area (Å²) in [5.41, 5.74) is 3.05. The van der Waals surface area contributed by atoms with Crippen LogP contribution in [0.3, 0.4) is 0 Å². The van der Waals surface area contributed by atoms with Crippen LogP contribution >= 0.6 is 0 Å². The van der Waals surface area contributed by atoms with Gasteiger partial charge in [-0.25, -0.2) is 0 Å². The lowest BCUT2D eigenvalue weighted by molar-refractivity contribution is 0.0713. The first-order valence-electron chi connectivity index (χ1n) is 9.79. The third kappa shape index (κ3) is 3.42. The maximum atomic E-state index is 13.1. The van der Waals surface area contributed by atoms with Crippen molar-refractivity contribution in [2.45, 2.75) is 19.3 Å². The molecule has 2 amide bonds. The Hall–Kier alpha value is -3.40. The van der Waals surface area contributed by atoms with Gasteiger partial charge in [-0.2, -0.15) is 5.26 Å². The third-order valence-electron chi connectivity index (χ3n) is 5.73. The molecule has 1 aliphatic heterocycles. The lowest BCUT2D eigenvalue weighted by Crippen LogP contribution is -2.38. The molecular weight excluding hydrogens is 368 g/mol. The number of carbonyl (C=O) groups is 3. The molecule has 0 unspecified atom stereocenters. The Balaban J connectivity index is 1.49. The zero-order valence-electron chi connectivity index (χ0n) is 16.4. The normalized spacial score (nSPS) is 16.3. The van der Waals surface area contributed by atoms with Crippen LogP contribution in [-0.2, 0) is 13.5 Å². The van der Waals surface area contributed by atoms with E-state index in [2.05, 4.69) is 6.07 Å². The van der Waals surface area contributed by atoms with E-state index < -0.39 is 0 Å². The number of fused-ring (bicyclic) bond motifs is 1. The van der Waals surface area contributed by atoms with Crippen molar-refractivity contribution in [3.05, 3.63) is 58.4 Å². The summed E-state index contributed by atoms with van der Waals surface area (Å²) in [4.78, 5) is 41.5. The summed E-state index contributed by atoms with van der Waals surface area (Å²) >= 11 is 0. The average Bonchev–Trinajstić information content (AvgIpc) is 3.19. The molecule has 0 radical (unpaired) electrons. The number of aryl methyl sites for hydroxylation is 1. The van der Waals surface area contributed by atoms with Crippen LogP contribution in [-0.4, -0.2) is 58.1 Å². The van der Waals surface area contributed by atoms with Crippen molar-refractivity contribution in [2.24, 2.45) is 7.05 Å². The summed E-state index contributed by atoms with van der Waals surface area (Å²) in [6.45, 7) is 2.00. The van der Waals surface area contributed by atoms with Gasteiger partial charge in [0.2, 0.25) is 0 Å². The second-order valence-corrected chi connectivity index (χ2v) is 7.53. The van der Waals surface area contributed by atoms with Gasteiger partial charge in [-0.15, -0.1) is 0 Å². The van der Waals surface area contributed by atoms with Gasteiger partial charge in [0, 0.05) is 57.0 Å². The Bertz CT molecular complexity index is 1050. The number of nitrogens with zero attached hydrogens (tertiary/aromatic N) is 4. The minimum absolute atomic E-state index is 0.0727. The van der Waals surface area contributed by atoms with Crippen LogP contribution in [0.25, 0.3) is 0 Å². The molecule has 0 bridgehead atoms. The molecule has 1 aromatic heterocycles. The molecule has 1 aromatic carbocycles. The summed E-state index contributed by atoms with van der Waals surface area (Å²) in [7, 11) is 1.75. The van der Waals surface area contributed by atoms with Crippen LogP contribution in [0.2, 0.25) is 0 Å². The number of amides is 2. The predicted molar refractivity (Wildman–Crippen MR) is 106 cm³/mol. The zero-order chi connectivity index (χ0) is 20.5. The minimum Gasteiger partial charge on any atom is -0.345 e. The molecular formula is C22H22N4O3. The second kappa shape index (κ2) is 7.55. The number of benzene rings is 1. The highest BCUT2D eigenvalue weighted by molar-refractivity contribution is 6.05.